The molecule has 2 heterocycles. The lowest BCUT2D eigenvalue weighted by Gasteiger charge is -2.32. The van der Waals surface area contributed by atoms with Crippen LogP contribution in [0.3, 0.4) is 0 Å². The van der Waals surface area contributed by atoms with Crippen LogP contribution in [0.25, 0.3) is 0 Å². The van der Waals surface area contributed by atoms with Gasteiger partial charge in [0.15, 0.2) is 0 Å². The van der Waals surface area contributed by atoms with Gasteiger partial charge in [0.25, 0.3) is 0 Å². The zero-order chi connectivity index (χ0) is 22.9. The standard InChI is InChI=1S/C24H31N3O4S/c1-18-6-12-22(13-7-18)32(29,30)26-16-19(2)27(23(28)17-25-14-4-5-15-25)24(26)20-8-10-21(31-3)11-9-20/h6-13,19,24H,4-5,14-17H2,1-3H3/t19-,24+/m0/s1. The van der Waals surface area contributed by atoms with Crippen LogP contribution in [0.15, 0.2) is 53.4 Å². The van der Waals surface area contributed by atoms with Crippen molar-refractivity contribution in [1.82, 2.24) is 14.1 Å². The Labute approximate surface area is 190 Å². The van der Waals surface area contributed by atoms with Crippen LogP contribution in [0.2, 0.25) is 0 Å². The van der Waals surface area contributed by atoms with Crippen molar-refractivity contribution in [2.75, 3.05) is 33.3 Å². The minimum Gasteiger partial charge on any atom is -0.497 e. The summed E-state index contributed by atoms with van der Waals surface area (Å²) in [4.78, 5) is 17.5. The Morgan fingerprint density at radius 3 is 2.25 bits per heavy atom. The number of amides is 1. The Balaban J connectivity index is 1.72. The summed E-state index contributed by atoms with van der Waals surface area (Å²) in [5, 5.41) is 0. The first-order chi connectivity index (χ1) is 15.3. The van der Waals surface area contributed by atoms with Crippen molar-refractivity contribution in [1.29, 1.82) is 0 Å². The Morgan fingerprint density at radius 2 is 1.66 bits per heavy atom. The van der Waals surface area contributed by atoms with Crippen molar-refractivity contribution < 1.29 is 17.9 Å². The van der Waals surface area contributed by atoms with Crippen LogP contribution < -0.4 is 4.74 Å². The van der Waals surface area contributed by atoms with E-state index in [9.17, 15) is 13.2 Å². The van der Waals surface area contributed by atoms with Gasteiger partial charge in [-0.25, -0.2) is 8.42 Å². The first-order valence-corrected chi connectivity index (χ1v) is 12.5. The zero-order valence-corrected chi connectivity index (χ0v) is 19.7. The molecule has 2 aromatic carbocycles. The summed E-state index contributed by atoms with van der Waals surface area (Å²) in [5.41, 5.74) is 1.74. The number of methoxy groups -OCH3 is 1. The molecule has 2 aromatic rings. The molecule has 0 radical (unpaired) electrons. The van der Waals surface area contributed by atoms with Crippen LogP contribution in [-0.4, -0.2) is 67.8 Å². The van der Waals surface area contributed by atoms with E-state index in [-0.39, 0.29) is 23.4 Å². The topological polar surface area (TPSA) is 70.2 Å². The fourth-order valence-corrected chi connectivity index (χ4v) is 6.25. The highest BCUT2D eigenvalue weighted by Gasteiger charge is 2.47. The average molecular weight is 458 g/mol. The highest BCUT2D eigenvalue weighted by atomic mass is 32.2. The van der Waals surface area contributed by atoms with E-state index in [2.05, 4.69) is 4.90 Å². The normalized spacial score (nSPS) is 22.4. The third kappa shape index (κ3) is 4.40. The second kappa shape index (κ2) is 9.21. The SMILES string of the molecule is COc1ccc([C@H]2N(C(=O)CN3CCCC3)[C@@H](C)CN2S(=O)(=O)c2ccc(C)cc2)cc1. The number of ether oxygens (including phenoxy) is 1. The first kappa shape index (κ1) is 22.8. The quantitative estimate of drug-likeness (QED) is 0.667. The number of carbonyl (C=O) groups excluding carboxylic acids is 1. The minimum absolute atomic E-state index is 0.0400. The van der Waals surface area contributed by atoms with Crippen molar-refractivity contribution in [3.8, 4) is 5.75 Å². The summed E-state index contributed by atoms with van der Waals surface area (Å²) in [7, 11) is -2.21. The molecule has 0 N–H and O–H groups in total. The molecule has 2 aliphatic rings. The molecular formula is C24H31N3O4S. The molecule has 0 spiro atoms. The van der Waals surface area contributed by atoms with Gasteiger partial charge in [0.2, 0.25) is 15.9 Å². The fraction of sp³-hybridized carbons (Fsp3) is 0.458. The lowest BCUT2D eigenvalue weighted by atomic mass is 10.1. The molecule has 172 valence electrons. The van der Waals surface area contributed by atoms with E-state index in [4.69, 9.17) is 4.74 Å². The second-order valence-corrected chi connectivity index (χ2v) is 10.6. The van der Waals surface area contributed by atoms with Gasteiger partial charge in [0.05, 0.1) is 18.6 Å². The van der Waals surface area contributed by atoms with Gasteiger partial charge in [-0.15, -0.1) is 0 Å². The fourth-order valence-electron chi connectivity index (χ4n) is 4.60. The van der Waals surface area contributed by atoms with Crippen LogP contribution in [0.5, 0.6) is 5.75 Å². The molecule has 2 fully saturated rings. The van der Waals surface area contributed by atoms with Crippen LogP contribution in [0.1, 0.15) is 37.1 Å². The lowest BCUT2D eigenvalue weighted by molar-refractivity contribution is -0.135. The number of carbonyl (C=O) groups is 1. The van der Waals surface area contributed by atoms with Gasteiger partial charge in [-0.3, -0.25) is 9.69 Å². The number of nitrogens with zero attached hydrogens (tertiary/aromatic N) is 3. The van der Waals surface area contributed by atoms with Gasteiger partial charge in [-0.1, -0.05) is 29.8 Å². The summed E-state index contributed by atoms with van der Waals surface area (Å²) in [6, 6.07) is 13.9. The Kier molecular flexibility index (Phi) is 6.55. The maximum absolute atomic E-state index is 13.7. The molecule has 7 nitrogen and oxygen atoms in total. The molecule has 8 heteroatoms. The Hall–Kier alpha value is -2.42. The molecule has 1 amide bonds. The second-order valence-electron chi connectivity index (χ2n) is 8.67. The summed E-state index contributed by atoms with van der Waals surface area (Å²) in [6.45, 7) is 6.23. The maximum Gasteiger partial charge on any atom is 0.245 e. The molecule has 0 aliphatic carbocycles. The molecule has 32 heavy (non-hydrogen) atoms. The minimum atomic E-state index is -3.80. The number of hydrogen-bond donors (Lipinski definition) is 0. The maximum atomic E-state index is 13.7. The van der Waals surface area contributed by atoms with E-state index < -0.39 is 16.2 Å². The number of benzene rings is 2. The van der Waals surface area contributed by atoms with Gasteiger partial charge in [-0.2, -0.15) is 4.31 Å². The molecule has 2 saturated heterocycles. The van der Waals surface area contributed by atoms with Crippen molar-refractivity contribution >= 4 is 15.9 Å². The van der Waals surface area contributed by atoms with Crippen LogP contribution >= 0.6 is 0 Å². The molecule has 4 rings (SSSR count). The smallest absolute Gasteiger partial charge is 0.245 e. The highest BCUT2D eigenvalue weighted by Crippen LogP contribution is 2.38. The predicted molar refractivity (Wildman–Crippen MR) is 123 cm³/mol. The lowest BCUT2D eigenvalue weighted by Crippen LogP contribution is -2.44. The largest absolute Gasteiger partial charge is 0.497 e. The number of hydrogen-bond acceptors (Lipinski definition) is 5. The van der Waals surface area contributed by atoms with Crippen LogP contribution in [-0.2, 0) is 14.8 Å². The summed E-state index contributed by atoms with van der Waals surface area (Å²) in [6.07, 6.45) is 1.49. The number of rotatable bonds is 6. The van der Waals surface area contributed by atoms with Gasteiger partial charge in [-0.05, 0) is 69.6 Å². The summed E-state index contributed by atoms with van der Waals surface area (Å²) in [5.74, 6) is 0.643. The molecule has 0 unspecified atom stereocenters. The van der Waals surface area contributed by atoms with Crippen molar-refractivity contribution in [2.24, 2.45) is 0 Å². The molecule has 0 saturated carbocycles. The van der Waals surface area contributed by atoms with Crippen molar-refractivity contribution in [3.63, 3.8) is 0 Å². The van der Waals surface area contributed by atoms with Crippen LogP contribution in [0.4, 0.5) is 0 Å². The van der Waals surface area contributed by atoms with E-state index in [1.54, 1.807) is 48.4 Å². The molecule has 0 bridgehead atoms. The Bertz CT molecular complexity index is 1050. The van der Waals surface area contributed by atoms with Crippen LogP contribution in [0, 0.1) is 6.92 Å². The van der Waals surface area contributed by atoms with E-state index in [0.29, 0.717) is 12.3 Å². The van der Waals surface area contributed by atoms with Gasteiger partial charge >= 0.3 is 0 Å². The molecular weight excluding hydrogens is 426 g/mol. The number of likely N-dealkylation sites (tertiary alicyclic amines) is 1. The first-order valence-electron chi connectivity index (χ1n) is 11.1. The van der Waals surface area contributed by atoms with Crippen molar-refractivity contribution in [2.45, 2.75) is 43.8 Å². The van der Waals surface area contributed by atoms with Gasteiger partial charge in [0, 0.05) is 12.6 Å². The van der Waals surface area contributed by atoms with E-state index >= 15 is 0 Å². The summed E-state index contributed by atoms with van der Waals surface area (Å²) >= 11 is 0. The third-order valence-corrected chi connectivity index (χ3v) is 8.18. The Morgan fingerprint density at radius 1 is 1.03 bits per heavy atom. The zero-order valence-electron chi connectivity index (χ0n) is 18.9. The predicted octanol–water partition coefficient (Wildman–Crippen LogP) is 3.02. The van der Waals surface area contributed by atoms with Crippen molar-refractivity contribution in [3.05, 3.63) is 59.7 Å². The highest BCUT2D eigenvalue weighted by molar-refractivity contribution is 7.89. The van der Waals surface area contributed by atoms with E-state index in [1.807, 2.05) is 26.0 Å². The molecule has 2 aliphatic heterocycles. The van der Waals surface area contributed by atoms with E-state index in [0.717, 1.165) is 37.1 Å². The number of sulfonamides is 1. The average Bonchev–Trinajstić information content (AvgIpc) is 3.41. The summed E-state index contributed by atoms with van der Waals surface area (Å²) < 4.78 is 34.1. The monoisotopic (exact) mass is 457 g/mol. The molecule has 0 aromatic heterocycles. The third-order valence-electron chi connectivity index (χ3n) is 6.34. The molecule has 2 atom stereocenters. The van der Waals surface area contributed by atoms with E-state index in [1.165, 1.54) is 4.31 Å². The number of aryl methyl sites for hydroxylation is 1. The van der Waals surface area contributed by atoms with Gasteiger partial charge in [0.1, 0.15) is 11.9 Å². The van der Waals surface area contributed by atoms with Gasteiger partial charge < -0.3 is 9.64 Å².